The van der Waals surface area contributed by atoms with Crippen LogP contribution in [0.15, 0.2) is 5.38 Å². The number of rotatable bonds is 6. The Balaban J connectivity index is 2.27. The highest BCUT2D eigenvalue weighted by atomic mass is 32.1. The monoisotopic (exact) mass is 296 g/mol. The zero-order valence-corrected chi connectivity index (χ0v) is 13.2. The van der Waals surface area contributed by atoms with Crippen molar-refractivity contribution < 1.29 is 0 Å². The van der Waals surface area contributed by atoms with Gasteiger partial charge in [0, 0.05) is 17.1 Å². The van der Waals surface area contributed by atoms with Crippen molar-refractivity contribution in [1.29, 1.82) is 0 Å². The Kier molecular flexibility index (Phi) is 4.76. The van der Waals surface area contributed by atoms with Crippen LogP contribution in [-0.2, 0) is 0 Å². The van der Waals surface area contributed by atoms with E-state index < -0.39 is 0 Å². The van der Waals surface area contributed by atoms with Gasteiger partial charge in [0.15, 0.2) is 0 Å². The van der Waals surface area contributed by atoms with Gasteiger partial charge >= 0.3 is 0 Å². The Morgan fingerprint density at radius 1 is 1.42 bits per heavy atom. The molecule has 6 heteroatoms. The highest BCUT2D eigenvalue weighted by Gasteiger charge is 2.18. The van der Waals surface area contributed by atoms with E-state index in [1.807, 2.05) is 12.3 Å². The van der Waals surface area contributed by atoms with Crippen molar-refractivity contribution in [3.8, 4) is 10.6 Å². The van der Waals surface area contributed by atoms with E-state index in [4.69, 9.17) is 5.73 Å². The smallest absolute Gasteiger partial charge is 0.149 e. The van der Waals surface area contributed by atoms with Crippen LogP contribution >= 0.6 is 22.9 Å². The van der Waals surface area contributed by atoms with Crippen LogP contribution in [0.3, 0.4) is 0 Å². The lowest BCUT2D eigenvalue weighted by Crippen LogP contribution is -2.17. The highest BCUT2D eigenvalue weighted by molar-refractivity contribution is 7.15. The quantitative estimate of drug-likeness (QED) is 0.840. The van der Waals surface area contributed by atoms with E-state index in [2.05, 4.69) is 28.5 Å². The first-order valence-electron chi connectivity index (χ1n) is 6.59. The first-order valence-corrected chi connectivity index (χ1v) is 8.25. The molecule has 0 saturated carbocycles. The topological polar surface area (TPSA) is 63.8 Å². The van der Waals surface area contributed by atoms with Crippen molar-refractivity contribution in [2.45, 2.75) is 46.1 Å². The molecule has 0 bridgehead atoms. The van der Waals surface area contributed by atoms with Gasteiger partial charge in [0.25, 0.3) is 0 Å². The Bertz CT molecular complexity index is 532. The van der Waals surface area contributed by atoms with Crippen LogP contribution in [0.4, 0.5) is 10.8 Å². The molecule has 2 rings (SSSR count). The van der Waals surface area contributed by atoms with E-state index >= 15 is 0 Å². The van der Waals surface area contributed by atoms with Crippen molar-refractivity contribution in [2.24, 2.45) is 0 Å². The summed E-state index contributed by atoms with van der Waals surface area (Å²) in [7, 11) is 0. The molecule has 0 aliphatic heterocycles. The lowest BCUT2D eigenvalue weighted by Gasteiger charge is -2.16. The zero-order valence-electron chi connectivity index (χ0n) is 11.6. The molecule has 104 valence electrons. The minimum absolute atomic E-state index is 0.477. The molecule has 4 nitrogen and oxygen atoms in total. The first kappa shape index (κ1) is 14.3. The van der Waals surface area contributed by atoms with Crippen LogP contribution in [0, 0.1) is 6.92 Å². The van der Waals surface area contributed by atoms with Gasteiger partial charge in [-0.1, -0.05) is 20.3 Å². The molecule has 0 spiro atoms. The number of aryl methyl sites for hydroxylation is 1. The van der Waals surface area contributed by atoms with Crippen molar-refractivity contribution >= 4 is 33.7 Å². The molecule has 0 amide bonds. The number of anilines is 2. The summed E-state index contributed by atoms with van der Waals surface area (Å²) in [4.78, 5) is 4.52. The van der Waals surface area contributed by atoms with Crippen molar-refractivity contribution in [3.63, 3.8) is 0 Å². The molecule has 3 N–H and O–H groups in total. The van der Waals surface area contributed by atoms with Gasteiger partial charge < -0.3 is 11.1 Å². The Labute approximate surface area is 122 Å². The first-order chi connectivity index (χ1) is 9.15. The second kappa shape index (κ2) is 6.34. The van der Waals surface area contributed by atoms with Crippen molar-refractivity contribution in [2.75, 3.05) is 11.1 Å². The second-order valence-corrected chi connectivity index (χ2v) is 6.24. The number of thiazole rings is 1. The Morgan fingerprint density at radius 3 is 2.79 bits per heavy atom. The largest absolute Gasteiger partial charge is 0.382 e. The van der Waals surface area contributed by atoms with Gasteiger partial charge in [0.1, 0.15) is 15.8 Å². The summed E-state index contributed by atoms with van der Waals surface area (Å²) in [6, 6.07) is 0.477. The van der Waals surface area contributed by atoms with E-state index in [-0.39, 0.29) is 0 Å². The number of nitrogens with two attached hydrogens (primary N) is 1. The Morgan fingerprint density at radius 2 is 2.21 bits per heavy atom. The average molecular weight is 296 g/mol. The standard InChI is InChI=1S/C13H20N4S2/c1-4-6-9(5-2)16-13-10(11(14)17-19-13)12-15-8(3)7-18-12/h7,9,16H,4-6H2,1-3H3,(H2,14,17). The van der Waals surface area contributed by atoms with Gasteiger partial charge in [-0.15, -0.1) is 11.3 Å². The molecule has 0 fully saturated rings. The Hall–Kier alpha value is -1.14. The summed E-state index contributed by atoms with van der Waals surface area (Å²) in [5.41, 5.74) is 7.99. The van der Waals surface area contributed by atoms with Gasteiger partial charge in [0.05, 0.1) is 5.56 Å². The number of nitrogen functional groups attached to an aromatic ring is 1. The van der Waals surface area contributed by atoms with Gasteiger partial charge in [-0.05, 0) is 31.3 Å². The third kappa shape index (κ3) is 3.25. The molecule has 2 heterocycles. The minimum atomic E-state index is 0.477. The van der Waals surface area contributed by atoms with Crippen LogP contribution in [0.1, 0.15) is 38.8 Å². The van der Waals surface area contributed by atoms with Crippen molar-refractivity contribution in [1.82, 2.24) is 9.36 Å². The molecule has 2 aromatic heterocycles. The molecule has 0 aromatic carbocycles. The zero-order chi connectivity index (χ0) is 13.8. The summed E-state index contributed by atoms with van der Waals surface area (Å²) < 4.78 is 4.27. The molecule has 1 unspecified atom stereocenters. The number of nitrogens with one attached hydrogen (secondary N) is 1. The maximum absolute atomic E-state index is 6.00. The molecular formula is C13H20N4S2. The maximum Gasteiger partial charge on any atom is 0.149 e. The summed E-state index contributed by atoms with van der Waals surface area (Å²) >= 11 is 3.05. The van der Waals surface area contributed by atoms with E-state index in [9.17, 15) is 0 Å². The fraction of sp³-hybridized carbons (Fsp3) is 0.538. The third-order valence-electron chi connectivity index (χ3n) is 3.02. The average Bonchev–Trinajstić information content (AvgIpc) is 2.95. The third-order valence-corrected chi connectivity index (χ3v) is 4.79. The number of hydrogen-bond donors (Lipinski definition) is 2. The van der Waals surface area contributed by atoms with Gasteiger partial charge in [-0.25, -0.2) is 4.98 Å². The summed E-state index contributed by atoms with van der Waals surface area (Å²) in [6.07, 6.45) is 3.43. The van der Waals surface area contributed by atoms with E-state index in [1.165, 1.54) is 18.0 Å². The van der Waals surface area contributed by atoms with Gasteiger partial charge in [0.2, 0.25) is 0 Å². The van der Waals surface area contributed by atoms with Crippen LogP contribution in [0.25, 0.3) is 10.6 Å². The highest BCUT2D eigenvalue weighted by Crippen LogP contribution is 2.39. The van der Waals surface area contributed by atoms with Crippen LogP contribution in [-0.4, -0.2) is 15.4 Å². The number of hydrogen-bond acceptors (Lipinski definition) is 6. The fourth-order valence-corrected chi connectivity index (χ4v) is 3.70. The molecule has 0 aliphatic rings. The molecule has 0 radical (unpaired) electrons. The van der Waals surface area contributed by atoms with E-state index in [0.717, 1.165) is 34.1 Å². The van der Waals surface area contributed by atoms with Gasteiger partial charge in [-0.2, -0.15) is 4.37 Å². The molecule has 1 atom stereocenters. The predicted octanol–water partition coefficient (Wildman–Crippen LogP) is 4.15. The van der Waals surface area contributed by atoms with Crippen LogP contribution in [0.5, 0.6) is 0 Å². The summed E-state index contributed by atoms with van der Waals surface area (Å²) in [5.74, 6) is 0.577. The van der Waals surface area contributed by atoms with Gasteiger partial charge in [-0.3, -0.25) is 0 Å². The molecule has 0 aliphatic carbocycles. The molecular weight excluding hydrogens is 276 g/mol. The summed E-state index contributed by atoms with van der Waals surface area (Å²) in [5, 5.41) is 7.62. The molecule has 2 aromatic rings. The van der Waals surface area contributed by atoms with Crippen LogP contribution in [0.2, 0.25) is 0 Å². The minimum Gasteiger partial charge on any atom is -0.382 e. The SMILES string of the molecule is CCCC(CC)Nc1snc(N)c1-c1nc(C)cs1. The number of aromatic nitrogens is 2. The van der Waals surface area contributed by atoms with E-state index in [1.54, 1.807) is 11.3 Å². The summed E-state index contributed by atoms with van der Waals surface area (Å²) in [6.45, 7) is 6.40. The predicted molar refractivity (Wildman–Crippen MR) is 85.0 cm³/mol. The molecule has 0 saturated heterocycles. The van der Waals surface area contributed by atoms with Crippen molar-refractivity contribution in [3.05, 3.63) is 11.1 Å². The van der Waals surface area contributed by atoms with E-state index in [0.29, 0.717) is 11.9 Å². The normalized spacial score (nSPS) is 12.6. The van der Waals surface area contributed by atoms with Crippen LogP contribution < -0.4 is 11.1 Å². The fourth-order valence-electron chi connectivity index (χ4n) is 1.99. The number of nitrogens with zero attached hydrogens (tertiary/aromatic N) is 2. The maximum atomic E-state index is 6.00. The second-order valence-electron chi connectivity index (χ2n) is 4.60. The molecule has 19 heavy (non-hydrogen) atoms. The lowest BCUT2D eigenvalue weighted by atomic mass is 10.1. The lowest BCUT2D eigenvalue weighted by molar-refractivity contribution is 0.624.